The van der Waals surface area contributed by atoms with Gasteiger partial charge in [0.2, 0.25) is 0 Å². The van der Waals surface area contributed by atoms with Gasteiger partial charge in [-0.2, -0.15) is 0 Å². The first-order valence-electron chi connectivity index (χ1n) is 6.03. The largest absolute Gasteiger partial charge is 0.329 e. The van der Waals surface area contributed by atoms with Crippen LogP contribution in [0.15, 0.2) is 0 Å². The molecule has 2 fully saturated rings. The smallest absolute Gasteiger partial charge is 0.143 e. The highest BCUT2D eigenvalue weighted by atomic mass is 16.1. The Bertz CT molecular complexity index is 212. The summed E-state index contributed by atoms with van der Waals surface area (Å²) in [4.78, 5) is 12.2. The van der Waals surface area contributed by atoms with Crippen molar-refractivity contribution in [3.8, 4) is 0 Å². The molecule has 2 aliphatic carbocycles. The molecular weight excluding hydrogens is 174 g/mol. The fourth-order valence-corrected chi connectivity index (χ4v) is 2.73. The molecule has 0 aliphatic heterocycles. The average Bonchev–Trinajstić information content (AvgIpc) is 3.04. The lowest BCUT2D eigenvalue weighted by molar-refractivity contribution is -0.130. The van der Waals surface area contributed by atoms with E-state index in [0.717, 1.165) is 25.7 Å². The third-order valence-electron chi connectivity index (χ3n) is 3.92. The summed E-state index contributed by atoms with van der Waals surface area (Å²) in [6, 6.07) is 0. The quantitative estimate of drug-likeness (QED) is 0.702. The van der Waals surface area contributed by atoms with Crippen molar-refractivity contribution in [3.05, 3.63) is 0 Å². The first-order chi connectivity index (χ1) is 6.78. The molecule has 0 spiro atoms. The van der Waals surface area contributed by atoms with Crippen LogP contribution in [0, 0.1) is 11.3 Å². The fraction of sp³-hybridized carbons (Fsp3) is 0.917. The molecule has 0 radical (unpaired) electrons. The Hall–Kier alpha value is -0.370. The average molecular weight is 195 g/mol. The Labute approximate surface area is 86.2 Å². The summed E-state index contributed by atoms with van der Waals surface area (Å²) in [5.74, 6) is 0.888. The number of carbonyl (C=O) groups is 1. The fourth-order valence-electron chi connectivity index (χ4n) is 2.73. The minimum absolute atomic E-state index is 0.113. The summed E-state index contributed by atoms with van der Waals surface area (Å²) in [6.45, 7) is 0.586. The highest BCUT2D eigenvalue weighted by Gasteiger charge is 2.44. The van der Waals surface area contributed by atoms with Crippen molar-refractivity contribution in [3.63, 3.8) is 0 Å². The zero-order chi connectivity index (χ0) is 10.0. The molecule has 0 aromatic carbocycles. The van der Waals surface area contributed by atoms with Crippen molar-refractivity contribution < 1.29 is 4.79 Å². The zero-order valence-corrected chi connectivity index (χ0v) is 8.93. The number of carbonyl (C=O) groups excluding carboxylic acids is 1. The van der Waals surface area contributed by atoms with Crippen LogP contribution in [0.1, 0.15) is 51.4 Å². The second kappa shape index (κ2) is 4.01. The molecule has 2 nitrogen and oxygen atoms in total. The van der Waals surface area contributed by atoms with E-state index < -0.39 is 0 Å². The third kappa shape index (κ3) is 1.85. The zero-order valence-electron chi connectivity index (χ0n) is 8.93. The van der Waals surface area contributed by atoms with Gasteiger partial charge in [0.25, 0.3) is 0 Å². The molecule has 0 amide bonds. The minimum atomic E-state index is -0.113. The maximum Gasteiger partial charge on any atom is 0.143 e. The molecule has 2 N–H and O–H groups in total. The van der Waals surface area contributed by atoms with Crippen molar-refractivity contribution in [1.82, 2.24) is 0 Å². The predicted molar refractivity (Wildman–Crippen MR) is 56.9 cm³/mol. The maximum absolute atomic E-state index is 12.2. The second-order valence-corrected chi connectivity index (χ2v) is 5.04. The van der Waals surface area contributed by atoms with Crippen LogP contribution >= 0.6 is 0 Å². The molecule has 14 heavy (non-hydrogen) atoms. The van der Waals surface area contributed by atoms with Gasteiger partial charge < -0.3 is 5.73 Å². The van der Waals surface area contributed by atoms with Crippen LogP contribution in [-0.4, -0.2) is 12.3 Å². The Morgan fingerprint density at radius 3 is 2.14 bits per heavy atom. The van der Waals surface area contributed by atoms with Gasteiger partial charge in [0, 0.05) is 17.9 Å². The highest BCUT2D eigenvalue weighted by Crippen LogP contribution is 2.43. The van der Waals surface area contributed by atoms with E-state index in [0.29, 0.717) is 18.2 Å². The summed E-state index contributed by atoms with van der Waals surface area (Å²) in [5, 5.41) is 0. The molecule has 2 saturated carbocycles. The number of hydrogen-bond acceptors (Lipinski definition) is 2. The van der Waals surface area contributed by atoms with Crippen molar-refractivity contribution in [2.45, 2.75) is 51.4 Å². The predicted octanol–water partition coefficient (Wildman–Crippen LogP) is 2.26. The molecule has 2 heteroatoms. The summed E-state index contributed by atoms with van der Waals surface area (Å²) >= 11 is 0. The number of Topliss-reactive ketones (excluding diaryl/α,β-unsaturated/α-hetero) is 1. The van der Waals surface area contributed by atoms with E-state index in [1.807, 2.05) is 0 Å². The molecule has 0 saturated heterocycles. The van der Waals surface area contributed by atoms with Crippen molar-refractivity contribution >= 4 is 5.78 Å². The van der Waals surface area contributed by atoms with E-state index in [-0.39, 0.29) is 5.41 Å². The monoisotopic (exact) mass is 195 g/mol. The first-order valence-corrected chi connectivity index (χ1v) is 6.03. The van der Waals surface area contributed by atoms with Gasteiger partial charge in [0.05, 0.1) is 0 Å². The topological polar surface area (TPSA) is 43.1 Å². The first kappa shape index (κ1) is 10.2. The number of hydrogen-bond donors (Lipinski definition) is 1. The summed E-state index contributed by atoms with van der Waals surface area (Å²) < 4.78 is 0. The van der Waals surface area contributed by atoms with Gasteiger partial charge in [0.1, 0.15) is 5.78 Å². The third-order valence-corrected chi connectivity index (χ3v) is 3.92. The molecule has 0 atom stereocenters. The lowest BCUT2D eigenvalue weighted by Crippen LogP contribution is -2.39. The van der Waals surface area contributed by atoms with Gasteiger partial charge in [-0.3, -0.25) is 4.79 Å². The van der Waals surface area contributed by atoms with Gasteiger partial charge in [-0.15, -0.1) is 0 Å². The molecule has 2 aliphatic rings. The van der Waals surface area contributed by atoms with Crippen molar-refractivity contribution in [2.24, 2.45) is 17.1 Å². The van der Waals surface area contributed by atoms with Crippen LogP contribution in [0.25, 0.3) is 0 Å². The van der Waals surface area contributed by atoms with Gasteiger partial charge in [0.15, 0.2) is 0 Å². The van der Waals surface area contributed by atoms with E-state index >= 15 is 0 Å². The molecule has 0 unspecified atom stereocenters. The van der Waals surface area contributed by atoms with Crippen LogP contribution in [-0.2, 0) is 4.79 Å². The van der Waals surface area contributed by atoms with E-state index in [9.17, 15) is 4.79 Å². The standard InChI is InChI=1S/C12H21NO/c13-9-12(11(14)10-5-6-10)7-3-1-2-4-8-12/h10H,1-9,13H2. The lowest BCUT2D eigenvalue weighted by Gasteiger charge is -2.29. The number of ketones is 1. The van der Waals surface area contributed by atoms with Gasteiger partial charge in [-0.25, -0.2) is 0 Å². The Balaban J connectivity index is 2.08. The molecule has 0 aromatic rings. The van der Waals surface area contributed by atoms with Gasteiger partial charge >= 0.3 is 0 Å². The molecule has 0 heterocycles. The highest BCUT2D eigenvalue weighted by molar-refractivity contribution is 5.89. The molecule has 0 aromatic heterocycles. The van der Waals surface area contributed by atoms with Crippen LogP contribution in [0.4, 0.5) is 0 Å². The SMILES string of the molecule is NCC1(C(=O)C2CC2)CCCCCC1. The Morgan fingerprint density at radius 1 is 1.14 bits per heavy atom. The molecule has 80 valence electrons. The van der Waals surface area contributed by atoms with Crippen molar-refractivity contribution in [1.29, 1.82) is 0 Å². The summed E-state index contributed by atoms with van der Waals surface area (Å²) in [5.41, 5.74) is 5.74. The van der Waals surface area contributed by atoms with Crippen molar-refractivity contribution in [2.75, 3.05) is 6.54 Å². The van der Waals surface area contributed by atoms with Gasteiger partial charge in [-0.1, -0.05) is 25.7 Å². The second-order valence-electron chi connectivity index (χ2n) is 5.04. The normalized spacial score (nSPS) is 26.9. The van der Waals surface area contributed by atoms with E-state index in [4.69, 9.17) is 5.73 Å². The summed E-state index contributed by atoms with van der Waals surface area (Å²) in [6.07, 6.45) is 9.35. The van der Waals surface area contributed by atoms with Crippen LogP contribution in [0.5, 0.6) is 0 Å². The number of rotatable bonds is 3. The van der Waals surface area contributed by atoms with E-state index in [1.165, 1.54) is 25.7 Å². The maximum atomic E-state index is 12.2. The van der Waals surface area contributed by atoms with Crippen LogP contribution < -0.4 is 5.73 Å². The molecule has 0 bridgehead atoms. The van der Waals surface area contributed by atoms with Gasteiger partial charge in [-0.05, 0) is 25.7 Å². The lowest BCUT2D eigenvalue weighted by atomic mass is 9.75. The Kier molecular flexibility index (Phi) is 2.91. The number of nitrogens with two attached hydrogens (primary N) is 1. The van der Waals surface area contributed by atoms with E-state index in [2.05, 4.69) is 0 Å². The van der Waals surface area contributed by atoms with Crippen LogP contribution in [0.3, 0.4) is 0 Å². The summed E-state index contributed by atoms with van der Waals surface area (Å²) in [7, 11) is 0. The molecule has 2 rings (SSSR count). The van der Waals surface area contributed by atoms with E-state index in [1.54, 1.807) is 0 Å². The van der Waals surface area contributed by atoms with Crippen LogP contribution in [0.2, 0.25) is 0 Å². The Morgan fingerprint density at radius 2 is 1.71 bits per heavy atom. The minimum Gasteiger partial charge on any atom is -0.329 e. The molecular formula is C12H21NO.